The van der Waals surface area contributed by atoms with Gasteiger partial charge in [-0.2, -0.15) is 5.10 Å². The van der Waals surface area contributed by atoms with E-state index in [-0.39, 0.29) is 0 Å². The van der Waals surface area contributed by atoms with E-state index in [1.807, 2.05) is 13.2 Å². The number of hydrogen-bond acceptors (Lipinski definition) is 3. The molecule has 0 fully saturated rings. The topological polar surface area (TPSA) is 50.7 Å². The number of nitrogens with zero attached hydrogens (tertiary/aromatic N) is 2. The third-order valence-corrected chi connectivity index (χ3v) is 1.13. The second kappa shape index (κ2) is 5.62. The summed E-state index contributed by atoms with van der Waals surface area (Å²) in [5, 5.41) is 7.84. The molecule has 0 saturated heterocycles. The van der Waals surface area contributed by atoms with Gasteiger partial charge in [-0.05, 0) is 12.7 Å². The fourth-order valence-electron chi connectivity index (χ4n) is 0.220. The molecule has 52 valence electrons. The van der Waals surface area contributed by atoms with Crippen molar-refractivity contribution in [3.63, 3.8) is 0 Å². The van der Waals surface area contributed by atoms with E-state index in [1.54, 1.807) is 6.21 Å². The molecule has 0 heterocycles. The third kappa shape index (κ3) is 5.36. The van der Waals surface area contributed by atoms with Gasteiger partial charge < -0.3 is 5.73 Å². The number of thioether (sulfide) groups is 1. The quantitative estimate of drug-likeness (QED) is 0.359. The fourth-order valence-corrected chi connectivity index (χ4v) is 0.349. The maximum Gasteiger partial charge on any atom is 0.180 e. The van der Waals surface area contributed by atoms with Crippen molar-refractivity contribution >= 4 is 23.1 Å². The molecule has 0 aliphatic carbocycles. The van der Waals surface area contributed by atoms with Crippen LogP contribution in [-0.4, -0.2) is 17.6 Å². The number of rotatable bonds is 2. The van der Waals surface area contributed by atoms with Crippen LogP contribution < -0.4 is 5.73 Å². The largest absolute Gasteiger partial charge is 0.377 e. The lowest BCUT2D eigenvalue weighted by Gasteiger charge is -1.85. The maximum absolute atomic E-state index is 5.31. The van der Waals surface area contributed by atoms with Gasteiger partial charge in [-0.25, -0.2) is 0 Å². The minimum Gasteiger partial charge on any atom is -0.377 e. The summed E-state index contributed by atoms with van der Waals surface area (Å²) in [6.07, 6.45) is 4.47. The average molecular weight is 145 g/mol. The highest BCUT2D eigenvalue weighted by Crippen LogP contribution is 1.90. The number of nitrogens with two attached hydrogens (primary N) is 1. The van der Waals surface area contributed by atoms with E-state index in [0.717, 1.165) is 6.42 Å². The molecular weight excluding hydrogens is 134 g/mol. The molecule has 0 atom stereocenters. The first-order chi connectivity index (χ1) is 4.31. The van der Waals surface area contributed by atoms with E-state index in [1.165, 1.54) is 11.8 Å². The van der Waals surface area contributed by atoms with Crippen LogP contribution in [-0.2, 0) is 0 Å². The van der Waals surface area contributed by atoms with Crippen LogP contribution in [0.1, 0.15) is 13.3 Å². The van der Waals surface area contributed by atoms with Crippen LogP contribution in [0.3, 0.4) is 0 Å². The van der Waals surface area contributed by atoms with Gasteiger partial charge in [0.2, 0.25) is 0 Å². The second-order valence-electron chi connectivity index (χ2n) is 1.35. The highest BCUT2D eigenvalue weighted by atomic mass is 32.2. The summed E-state index contributed by atoms with van der Waals surface area (Å²) >= 11 is 1.39. The highest BCUT2D eigenvalue weighted by molar-refractivity contribution is 8.13. The Bertz CT molecular complexity index is 119. The van der Waals surface area contributed by atoms with Crippen LogP contribution in [0, 0.1) is 0 Å². The molecule has 0 unspecified atom stereocenters. The molecular formula is C5H11N3S. The lowest BCUT2D eigenvalue weighted by atomic mass is 10.6. The predicted octanol–water partition coefficient (Wildman–Crippen LogP) is 1.06. The van der Waals surface area contributed by atoms with Gasteiger partial charge in [0.05, 0.1) is 0 Å². The van der Waals surface area contributed by atoms with E-state index >= 15 is 0 Å². The summed E-state index contributed by atoms with van der Waals surface area (Å²) in [4.78, 5) is 0. The normalized spacial score (nSPS) is 12.9. The van der Waals surface area contributed by atoms with Crippen molar-refractivity contribution in [1.29, 1.82) is 0 Å². The van der Waals surface area contributed by atoms with Crippen molar-refractivity contribution in [3.8, 4) is 0 Å². The van der Waals surface area contributed by atoms with Gasteiger partial charge in [0.25, 0.3) is 0 Å². The molecule has 2 N–H and O–H groups in total. The van der Waals surface area contributed by atoms with Crippen molar-refractivity contribution in [2.24, 2.45) is 15.9 Å². The van der Waals surface area contributed by atoms with Gasteiger partial charge in [0, 0.05) is 6.21 Å². The summed E-state index contributed by atoms with van der Waals surface area (Å²) in [6, 6.07) is 0. The Morgan fingerprint density at radius 1 is 1.78 bits per heavy atom. The van der Waals surface area contributed by atoms with Crippen molar-refractivity contribution < 1.29 is 0 Å². The first-order valence-electron chi connectivity index (χ1n) is 2.70. The minimum atomic E-state index is 0.500. The molecule has 0 saturated carbocycles. The van der Waals surface area contributed by atoms with E-state index in [4.69, 9.17) is 5.73 Å². The first kappa shape index (κ1) is 8.49. The molecule has 0 aromatic rings. The van der Waals surface area contributed by atoms with Crippen molar-refractivity contribution in [2.45, 2.75) is 13.3 Å². The summed E-state index contributed by atoms with van der Waals surface area (Å²) < 4.78 is 0. The zero-order valence-corrected chi connectivity index (χ0v) is 6.48. The van der Waals surface area contributed by atoms with E-state index in [0.29, 0.717) is 5.17 Å². The molecule has 0 aromatic heterocycles. The molecule has 0 aliphatic rings. The Kier molecular flexibility index (Phi) is 5.30. The van der Waals surface area contributed by atoms with Crippen LogP contribution in [0.5, 0.6) is 0 Å². The fraction of sp³-hybridized carbons (Fsp3) is 0.600. The molecule has 0 spiro atoms. The molecule has 0 amide bonds. The van der Waals surface area contributed by atoms with Crippen LogP contribution in [0.4, 0.5) is 0 Å². The van der Waals surface area contributed by atoms with Crippen LogP contribution >= 0.6 is 11.8 Å². The molecule has 0 aliphatic heterocycles. The molecule has 4 heteroatoms. The lowest BCUT2D eigenvalue weighted by Crippen LogP contribution is -2.03. The Morgan fingerprint density at radius 3 is 2.89 bits per heavy atom. The standard InChI is InChI=1S/C5H11N3S/c1-3-4-7-8-5(6)9-2/h4H,3H2,1-2H3,(H2,6,8)/b7-4+. The van der Waals surface area contributed by atoms with Crippen molar-refractivity contribution in [2.75, 3.05) is 6.26 Å². The monoisotopic (exact) mass is 145 g/mol. The summed E-state index contributed by atoms with van der Waals surface area (Å²) in [5.41, 5.74) is 5.31. The van der Waals surface area contributed by atoms with Crippen LogP contribution in [0.2, 0.25) is 0 Å². The van der Waals surface area contributed by atoms with Gasteiger partial charge >= 0.3 is 0 Å². The van der Waals surface area contributed by atoms with Gasteiger partial charge in [0.15, 0.2) is 5.17 Å². The third-order valence-electron chi connectivity index (χ3n) is 0.630. The Balaban J connectivity index is 3.55. The molecule has 0 bridgehead atoms. The van der Waals surface area contributed by atoms with Gasteiger partial charge in [-0.3, -0.25) is 0 Å². The Morgan fingerprint density at radius 2 is 2.44 bits per heavy atom. The molecule has 0 aromatic carbocycles. The number of hydrogen-bond donors (Lipinski definition) is 1. The van der Waals surface area contributed by atoms with Gasteiger partial charge in [0.1, 0.15) is 0 Å². The zero-order valence-electron chi connectivity index (χ0n) is 5.66. The lowest BCUT2D eigenvalue weighted by molar-refractivity contribution is 1.20. The van der Waals surface area contributed by atoms with E-state index in [9.17, 15) is 0 Å². The number of amidine groups is 1. The Hall–Kier alpha value is -0.510. The minimum absolute atomic E-state index is 0.500. The molecule has 9 heavy (non-hydrogen) atoms. The summed E-state index contributed by atoms with van der Waals surface area (Å²) in [7, 11) is 0. The van der Waals surface area contributed by atoms with E-state index in [2.05, 4.69) is 10.2 Å². The predicted molar refractivity (Wildman–Crippen MR) is 43.9 cm³/mol. The smallest absolute Gasteiger partial charge is 0.180 e. The first-order valence-corrected chi connectivity index (χ1v) is 3.92. The maximum atomic E-state index is 5.31. The van der Waals surface area contributed by atoms with E-state index < -0.39 is 0 Å². The van der Waals surface area contributed by atoms with Crippen molar-refractivity contribution in [1.82, 2.24) is 0 Å². The summed E-state index contributed by atoms with van der Waals surface area (Å²) in [5.74, 6) is 0. The second-order valence-corrected chi connectivity index (χ2v) is 2.18. The zero-order chi connectivity index (χ0) is 7.11. The molecule has 3 nitrogen and oxygen atoms in total. The SMILES string of the molecule is CC/C=N/N=C(/N)SC. The highest BCUT2D eigenvalue weighted by Gasteiger charge is 1.80. The van der Waals surface area contributed by atoms with Crippen LogP contribution in [0.25, 0.3) is 0 Å². The van der Waals surface area contributed by atoms with Gasteiger partial charge in [-0.15, -0.1) is 5.10 Å². The van der Waals surface area contributed by atoms with Crippen LogP contribution in [0.15, 0.2) is 10.2 Å². The summed E-state index contributed by atoms with van der Waals surface area (Å²) in [6.45, 7) is 1.99. The Labute approximate surface area is 59.4 Å². The molecule has 0 rings (SSSR count). The van der Waals surface area contributed by atoms with Gasteiger partial charge in [-0.1, -0.05) is 18.7 Å². The van der Waals surface area contributed by atoms with Crippen molar-refractivity contribution in [3.05, 3.63) is 0 Å². The average Bonchev–Trinajstić information content (AvgIpc) is 1.89. The molecule has 0 radical (unpaired) electrons.